The van der Waals surface area contributed by atoms with Crippen LogP contribution in [0.5, 0.6) is 0 Å². The van der Waals surface area contributed by atoms with E-state index >= 15 is 0 Å². The van der Waals surface area contributed by atoms with Crippen molar-refractivity contribution < 1.29 is 8.22 Å². The Morgan fingerprint density at radius 3 is 2.22 bits per heavy atom. The van der Waals surface area contributed by atoms with Crippen molar-refractivity contribution in [1.82, 2.24) is 0 Å². The molecule has 0 amide bonds. The molecular formula is C6H14F2Si. The quantitative estimate of drug-likeness (QED) is 0.323. The summed E-state index contributed by atoms with van der Waals surface area (Å²) in [6, 6.07) is 0.222. The Labute approximate surface area is 57.2 Å². The fourth-order valence-electron chi connectivity index (χ4n) is 0.725. The monoisotopic (exact) mass is 152 g/mol. The van der Waals surface area contributed by atoms with E-state index in [9.17, 15) is 8.22 Å². The zero-order chi connectivity index (χ0) is 7.11. The van der Waals surface area contributed by atoms with Gasteiger partial charge in [-0.15, -0.1) is 0 Å². The number of rotatable bonds is 5. The first-order valence-electron chi connectivity index (χ1n) is 3.55. The molecule has 0 atom stereocenters. The van der Waals surface area contributed by atoms with Crippen molar-refractivity contribution in [2.45, 2.75) is 38.7 Å². The molecule has 0 aliphatic rings. The lowest BCUT2D eigenvalue weighted by molar-refractivity contribution is 0.620. The zero-order valence-corrected chi connectivity index (χ0v) is 7.02. The van der Waals surface area contributed by atoms with Crippen molar-refractivity contribution in [2.24, 2.45) is 0 Å². The van der Waals surface area contributed by atoms with Gasteiger partial charge >= 0.3 is 9.46 Å². The van der Waals surface area contributed by atoms with Crippen molar-refractivity contribution in [3.05, 3.63) is 0 Å². The van der Waals surface area contributed by atoms with Crippen LogP contribution >= 0.6 is 0 Å². The largest absolute Gasteiger partial charge is 0.411 e. The van der Waals surface area contributed by atoms with E-state index in [-0.39, 0.29) is 6.04 Å². The molecule has 56 valence electrons. The van der Waals surface area contributed by atoms with Gasteiger partial charge in [0.15, 0.2) is 0 Å². The maximum Gasteiger partial charge on any atom is 0.411 e. The summed E-state index contributed by atoms with van der Waals surface area (Å²) >= 11 is 0. The van der Waals surface area contributed by atoms with Crippen LogP contribution in [0.15, 0.2) is 0 Å². The van der Waals surface area contributed by atoms with Crippen molar-refractivity contribution in [3.63, 3.8) is 0 Å². The highest BCUT2D eigenvalue weighted by atomic mass is 28.4. The van der Waals surface area contributed by atoms with Gasteiger partial charge in [0, 0.05) is 0 Å². The average molecular weight is 152 g/mol. The van der Waals surface area contributed by atoms with Gasteiger partial charge in [-0.3, -0.25) is 8.22 Å². The highest BCUT2D eigenvalue weighted by molar-refractivity contribution is 6.42. The second-order valence-electron chi connectivity index (χ2n) is 2.24. The molecular weight excluding hydrogens is 138 g/mol. The Hall–Kier alpha value is 0.0769. The van der Waals surface area contributed by atoms with Crippen LogP contribution in [0.25, 0.3) is 0 Å². The molecule has 3 heteroatoms. The number of hydrogen-bond acceptors (Lipinski definition) is 0. The zero-order valence-electron chi connectivity index (χ0n) is 5.87. The first kappa shape index (κ1) is 9.08. The van der Waals surface area contributed by atoms with E-state index in [4.69, 9.17) is 0 Å². The van der Waals surface area contributed by atoms with Crippen LogP contribution in [-0.4, -0.2) is 9.46 Å². The molecule has 0 unspecified atom stereocenters. The van der Waals surface area contributed by atoms with Crippen molar-refractivity contribution in [3.8, 4) is 0 Å². The fourth-order valence-corrected chi connectivity index (χ4v) is 1.32. The highest BCUT2D eigenvalue weighted by Crippen LogP contribution is 2.06. The van der Waals surface area contributed by atoms with Gasteiger partial charge in [0.25, 0.3) is 0 Å². The molecule has 0 aromatic carbocycles. The Kier molecular flexibility index (Phi) is 6.25. The van der Waals surface area contributed by atoms with Crippen LogP contribution < -0.4 is 0 Å². The predicted octanol–water partition coefficient (Wildman–Crippen LogP) is 2.73. The predicted molar refractivity (Wildman–Crippen MR) is 38.3 cm³/mol. The van der Waals surface area contributed by atoms with Crippen molar-refractivity contribution in [2.75, 3.05) is 0 Å². The Morgan fingerprint density at radius 2 is 1.78 bits per heavy atom. The third-order valence-corrected chi connectivity index (χ3v) is 2.12. The van der Waals surface area contributed by atoms with E-state index in [1.165, 1.54) is 0 Å². The number of halogens is 2. The molecule has 0 bridgehead atoms. The van der Waals surface area contributed by atoms with Gasteiger partial charge in [-0.2, -0.15) is 0 Å². The molecule has 0 aliphatic carbocycles. The second kappa shape index (κ2) is 6.20. The van der Waals surface area contributed by atoms with Gasteiger partial charge in [-0.05, 0) is 6.04 Å². The molecule has 0 radical (unpaired) electrons. The van der Waals surface area contributed by atoms with Gasteiger partial charge in [0.05, 0.1) is 0 Å². The first-order chi connectivity index (χ1) is 4.27. The van der Waals surface area contributed by atoms with Crippen LogP contribution in [0.3, 0.4) is 0 Å². The molecule has 0 spiro atoms. The van der Waals surface area contributed by atoms with Crippen LogP contribution in [0, 0.1) is 0 Å². The van der Waals surface area contributed by atoms with Crippen molar-refractivity contribution >= 4 is 9.46 Å². The summed E-state index contributed by atoms with van der Waals surface area (Å²) < 4.78 is 23.2. The number of unbranched alkanes of at least 4 members (excludes halogenated alkanes) is 3. The van der Waals surface area contributed by atoms with Crippen molar-refractivity contribution in [1.29, 1.82) is 0 Å². The molecule has 0 saturated carbocycles. The van der Waals surface area contributed by atoms with E-state index in [0.717, 1.165) is 25.7 Å². The fraction of sp³-hybridized carbons (Fsp3) is 1.00. The lowest BCUT2D eigenvalue weighted by Crippen LogP contribution is -1.93. The minimum Gasteiger partial charge on any atom is -0.275 e. The Morgan fingerprint density at radius 1 is 1.11 bits per heavy atom. The van der Waals surface area contributed by atoms with Crippen LogP contribution in [0.2, 0.25) is 6.04 Å². The van der Waals surface area contributed by atoms with E-state index in [1.54, 1.807) is 0 Å². The molecule has 0 fully saturated rings. The summed E-state index contributed by atoms with van der Waals surface area (Å²) in [4.78, 5) is 0. The number of hydrogen-bond donors (Lipinski definition) is 0. The summed E-state index contributed by atoms with van der Waals surface area (Å²) in [6.45, 7) is 2.08. The normalized spacial score (nSPS) is 10.7. The molecule has 0 rings (SSSR count). The van der Waals surface area contributed by atoms with Gasteiger partial charge in [-0.1, -0.05) is 32.6 Å². The van der Waals surface area contributed by atoms with Gasteiger partial charge in [0.2, 0.25) is 0 Å². The molecule has 0 aromatic rings. The second-order valence-corrected chi connectivity index (χ2v) is 3.60. The lowest BCUT2D eigenvalue weighted by Gasteiger charge is -1.95. The third kappa shape index (κ3) is 8.08. The first-order valence-corrected chi connectivity index (χ1v) is 5.24. The minimum absolute atomic E-state index is 0.222. The van der Waals surface area contributed by atoms with Gasteiger partial charge < -0.3 is 0 Å². The van der Waals surface area contributed by atoms with Crippen LogP contribution in [-0.2, 0) is 0 Å². The summed E-state index contributed by atoms with van der Waals surface area (Å²) in [5.74, 6) is 0. The Balaban J connectivity index is 2.75. The maximum atomic E-state index is 11.6. The average Bonchev–Trinajstić information content (AvgIpc) is 1.80. The van der Waals surface area contributed by atoms with Crippen LogP contribution in [0.4, 0.5) is 8.22 Å². The summed E-state index contributed by atoms with van der Waals surface area (Å²) in [5, 5.41) is 0. The van der Waals surface area contributed by atoms with Crippen LogP contribution in [0.1, 0.15) is 32.6 Å². The van der Waals surface area contributed by atoms with E-state index < -0.39 is 9.46 Å². The SMILES string of the molecule is CCCCCC[SiH](F)F. The molecule has 0 aromatic heterocycles. The molecule has 0 N–H and O–H groups in total. The highest BCUT2D eigenvalue weighted by Gasteiger charge is 2.04. The molecule has 0 aliphatic heterocycles. The molecule has 0 saturated heterocycles. The maximum absolute atomic E-state index is 11.6. The molecule has 9 heavy (non-hydrogen) atoms. The van der Waals surface area contributed by atoms with E-state index in [1.807, 2.05) is 0 Å². The standard InChI is InChI=1S/C6H14F2Si/c1-2-3-4-5-6-9(7)8/h9H,2-6H2,1H3. The lowest BCUT2D eigenvalue weighted by atomic mass is 10.2. The minimum atomic E-state index is -3.21. The Bertz CT molecular complexity index is 57.0. The summed E-state index contributed by atoms with van der Waals surface area (Å²) in [7, 11) is -3.21. The smallest absolute Gasteiger partial charge is 0.275 e. The van der Waals surface area contributed by atoms with Gasteiger partial charge in [-0.25, -0.2) is 0 Å². The topological polar surface area (TPSA) is 0 Å². The molecule has 0 heterocycles. The van der Waals surface area contributed by atoms with E-state index in [0.29, 0.717) is 0 Å². The van der Waals surface area contributed by atoms with E-state index in [2.05, 4.69) is 6.92 Å². The third-order valence-electron chi connectivity index (χ3n) is 1.28. The van der Waals surface area contributed by atoms with Gasteiger partial charge in [0.1, 0.15) is 0 Å². The molecule has 0 nitrogen and oxygen atoms in total. The summed E-state index contributed by atoms with van der Waals surface area (Å²) in [6.07, 6.45) is 3.98. The summed E-state index contributed by atoms with van der Waals surface area (Å²) in [5.41, 5.74) is 0.